The molecule has 1 aromatic heterocycles. The molecule has 0 aliphatic heterocycles. The molecule has 2 rings (SSSR count). The van der Waals surface area contributed by atoms with Crippen LogP contribution in [0.5, 0.6) is 5.75 Å². The molecular weight excluding hydrogens is 152 g/mol. The van der Waals surface area contributed by atoms with Gasteiger partial charge in [-0.1, -0.05) is 12.1 Å². The lowest BCUT2D eigenvalue weighted by atomic mass is 10.1. The fourth-order valence-electron chi connectivity index (χ4n) is 1.06. The summed E-state index contributed by atoms with van der Waals surface area (Å²) in [4.78, 5) is 5.06. The summed E-state index contributed by atoms with van der Waals surface area (Å²) in [6.07, 6.45) is 2.91. The molecule has 0 bridgehead atoms. The van der Waals surface area contributed by atoms with Gasteiger partial charge in [-0.3, -0.25) is 0 Å². The molecule has 0 aliphatic carbocycles. The molecule has 0 aliphatic rings. The van der Waals surface area contributed by atoms with Crippen LogP contribution in [0.2, 0.25) is 1.41 Å². The quantitative estimate of drug-likeness (QED) is 0.671. The van der Waals surface area contributed by atoms with Gasteiger partial charge in [0.05, 0.1) is 12.0 Å². The van der Waals surface area contributed by atoms with E-state index in [9.17, 15) is 5.11 Å². The summed E-state index contributed by atoms with van der Waals surface area (Å²) >= 11 is 0. The first-order chi connectivity index (χ1) is 6.27. The summed E-state index contributed by atoms with van der Waals surface area (Å²) in [5.74, 6) is 0.182. The van der Waals surface area contributed by atoms with E-state index in [-0.39, 0.29) is 5.75 Å². The monoisotopic (exact) mass is 162 g/mol. The minimum absolute atomic E-state index is 0.182. The van der Waals surface area contributed by atoms with Gasteiger partial charge in [-0.15, -0.1) is 0 Å². The molecular formula is C9H8N2O. The second-order valence-corrected chi connectivity index (χ2v) is 2.43. The maximum absolute atomic E-state index is 9.46. The van der Waals surface area contributed by atoms with Crippen molar-refractivity contribution in [3.8, 4) is 17.0 Å². The molecule has 2 aromatic rings. The standard InChI is InChI=1S/C9H8N2O/c12-9-4-2-1-3-7(9)8-5-10-6-11-8/h1-6,12H,(H,10,11)/i/hT. The minimum Gasteiger partial charge on any atom is -0.507 e. The van der Waals surface area contributed by atoms with Gasteiger partial charge in [0.1, 0.15) is 5.75 Å². The van der Waals surface area contributed by atoms with Crippen molar-refractivity contribution in [2.75, 3.05) is 0 Å². The Hall–Kier alpha value is -1.77. The summed E-state index contributed by atoms with van der Waals surface area (Å²) in [7, 11) is 0. The van der Waals surface area contributed by atoms with Crippen LogP contribution in [0, 0.1) is 0 Å². The van der Waals surface area contributed by atoms with Crippen molar-refractivity contribution < 1.29 is 6.52 Å². The molecule has 0 radical (unpaired) electrons. The van der Waals surface area contributed by atoms with E-state index in [0.717, 1.165) is 4.98 Å². The zero-order chi connectivity index (χ0) is 9.26. The normalized spacial score (nSPS) is 11.2. The number of benzene rings is 1. The zero-order valence-corrected chi connectivity index (χ0v) is 6.31. The lowest BCUT2D eigenvalue weighted by molar-refractivity contribution is 0.477. The van der Waals surface area contributed by atoms with Gasteiger partial charge in [0.2, 0.25) is 0 Å². The number of aromatic nitrogens is 2. The maximum Gasteiger partial charge on any atom is 0.167 e. The number of H-pyrrole nitrogens is 1. The van der Waals surface area contributed by atoms with E-state index < -0.39 is 0 Å². The summed E-state index contributed by atoms with van der Waals surface area (Å²) in [5, 5.41) is 9.46. The van der Waals surface area contributed by atoms with Gasteiger partial charge in [0.15, 0.2) is 1.41 Å². The van der Waals surface area contributed by atoms with E-state index >= 15 is 0 Å². The first-order valence-corrected chi connectivity index (χ1v) is 3.59. The van der Waals surface area contributed by atoms with Crippen molar-refractivity contribution in [2.45, 2.75) is 0 Å². The first-order valence-electron chi connectivity index (χ1n) is 4.04. The molecule has 2 N–H and O–H groups in total. The molecule has 3 nitrogen and oxygen atoms in total. The van der Waals surface area contributed by atoms with Gasteiger partial charge < -0.3 is 10.1 Å². The number of rotatable bonds is 1. The minimum atomic E-state index is 0.182. The fraction of sp³-hybridized carbons (Fsp3) is 0. The molecule has 1 heterocycles. The molecule has 12 heavy (non-hydrogen) atoms. The first kappa shape index (κ1) is 5.83. The Kier molecular flexibility index (Phi) is 1.31. The lowest BCUT2D eigenvalue weighted by Crippen LogP contribution is -1.76. The van der Waals surface area contributed by atoms with Crippen molar-refractivity contribution in [3.05, 3.63) is 36.8 Å². The summed E-state index contributed by atoms with van der Waals surface area (Å²) < 4.78 is 7.21. The molecule has 0 unspecified atom stereocenters. The van der Waals surface area contributed by atoms with Crippen molar-refractivity contribution in [3.63, 3.8) is 0 Å². The number of aromatic amines is 1. The number of phenols is 1. The Balaban J connectivity index is 2.52. The third-order valence-corrected chi connectivity index (χ3v) is 1.64. The average molecular weight is 162 g/mol. The number of nitrogens with one attached hydrogen (secondary N) is 1. The van der Waals surface area contributed by atoms with E-state index in [1.54, 1.807) is 18.2 Å². The second-order valence-electron chi connectivity index (χ2n) is 2.43. The molecule has 0 saturated heterocycles. The van der Waals surface area contributed by atoms with E-state index in [4.69, 9.17) is 1.41 Å². The van der Waals surface area contributed by atoms with E-state index in [0.29, 0.717) is 11.3 Å². The third kappa shape index (κ3) is 1.05. The van der Waals surface area contributed by atoms with Crippen molar-refractivity contribution in [2.24, 2.45) is 0 Å². The van der Waals surface area contributed by atoms with E-state index in [1.165, 1.54) is 12.5 Å². The van der Waals surface area contributed by atoms with Crippen LogP contribution < -0.4 is 0 Å². The summed E-state index contributed by atoms with van der Waals surface area (Å²) in [6, 6.07) is 6.92. The van der Waals surface area contributed by atoms with Crippen LogP contribution in [-0.4, -0.2) is 15.1 Å². The fourth-order valence-corrected chi connectivity index (χ4v) is 1.06. The SMILES string of the molecule is [3H]n1cnc(-c2ccccc2O)c1. The highest BCUT2D eigenvalue weighted by molar-refractivity contribution is 5.65. The number of imidazole rings is 1. The van der Waals surface area contributed by atoms with Crippen molar-refractivity contribution in [1.29, 1.82) is 0 Å². The molecule has 0 saturated carbocycles. The maximum atomic E-state index is 9.46. The highest BCUT2D eigenvalue weighted by Crippen LogP contribution is 2.25. The van der Waals surface area contributed by atoms with Crippen LogP contribution in [0.3, 0.4) is 0 Å². The molecule has 0 atom stereocenters. The Bertz CT molecular complexity index is 425. The highest BCUT2D eigenvalue weighted by atomic mass is 16.3. The third-order valence-electron chi connectivity index (χ3n) is 1.64. The largest absolute Gasteiger partial charge is 0.507 e. The molecule has 0 fully saturated rings. The van der Waals surface area contributed by atoms with Crippen LogP contribution in [-0.2, 0) is 0 Å². The van der Waals surface area contributed by atoms with Gasteiger partial charge >= 0.3 is 0 Å². The predicted molar refractivity (Wildman–Crippen MR) is 45.7 cm³/mol. The lowest BCUT2D eigenvalue weighted by Gasteiger charge is -1.98. The molecule has 0 amide bonds. The van der Waals surface area contributed by atoms with Crippen molar-refractivity contribution in [1.82, 2.24) is 9.96 Å². The van der Waals surface area contributed by atoms with E-state index in [1.807, 2.05) is 6.07 Å². The number of hydrogen-bond donors (Lipinski definition) is 2. The molecule has 0 spiro atoms. The Morgan fingerprint density at radius 2 is 2.25 bits per heavy atom. The Morgan fingerprint density at radius 1 is 1.42 bits per heavy atom. The average Bonchev–Trinajstić information content (AvgIpc) is 2.53. The smallest absolute Gasteiger partial charge is 0.167 e. The number of para-hydroxylation sites is 1. The Labute approximate surface area is 71.2 Å². The van der Waals surface area contributed by atoms with Gasteiger partial charge in [-0.25, -0.2) is 4.98 Å². The van der Waals surface area contributed by atoms with Gasteiger partial charge in [0.25, 0.3) is 0 Å². The van der Waals surface area contributed by atoms with Gasteiger partial charge in [-0.05, 0) is 12.1 Å². The second kappa shape index (κ2) is 2.70. The van der Waals surface area contributed by atoms with Crippen LogP contribution >= 0.6 is 0 Å². The van der Waals surface area contributed by atoms with Crippen LogP contribution in [0.1, 0.15) is 0 Å². The van der Waals surface area contributed by atoms with Crippen molar-refractivity contribution >= 4 is 0 Å². The summed E-state index contributed by atoms with van der Waals surface area (Å²) in [5.41, 5.74) is 1.25. The van der Waals surface area contributed by atoms with Gasteiger partial charge in [0, 0.05) is 11.8 Å². The topological polar surface area (TPSA) is 48.9 Å². The number of nitrogens with zero attached hydrogens (tertiary/aromatic N) is 1. The summed E-state index contributed by atoms with van der Waals surface area (Å²) in [6.45, 7) is 0. The van der Waals surface area contributed by atoms with E-state index in [2.05, 4.69) is 4.98 Å². The van der Waals surface area contributed by atoms with Crippen LogP contribution in [0.25, 0.3) is 11.3 Å². The number of phenolic OH excluding ortho intramolecular Hbond substituents is 1. The van der Waals surface area contributed by atoms with Crippen LogP contribution in [0.4, 0.5) is 0 Å². The van der Waals surface area contributed by atoms with Crippen LogP contribution in [0.15, 0.2) is 36.8 Å². The Morgan fingerprint density at radius 3 is 2.92 bits per heavy atom. The number of aromatic hydroxyl groups is 1. The van der Waals surface area contributed by atoms with Gasteiger partial charge in [-0.2, -0.15) is 0 Å². The molecule has 3 heteroatoms. The highest BCUT2D eigenvalue weighted by Gasteiger charge is 2.02. The molecule has 60 valence electrons. The molecule has 1 aromatic carbocycles. The number of hydrogen-bond acceptors (Lipinski definition) is 2. The zero-order valence-electron chi connectivity index (χ0n) is 7.31. The predicted octanol–water partition coefficient (Wildman–Crippen LogP) is 1.78.